The van der Waals surface area contributed by atoms with E-state index in [1.54, 1.807) is 0 Å². The van der Waals surface area contributed by atoms with Gasteiger partial charge in [0.25, 0.3) is 0 Å². The number of aliphatic imine (C=N–C) groups is 1. The number of benzene rings is 1. The first-order valence-corrected chi connectivity index (χ1v) is 11.3. The van der Waals surface area contributed by atoms with E-state index in [1.807, 2.05) is 30.8 Å². The summed E-state index contributed by atoms with van der Waals surface area (Å²) in [4.78, 5) is 6.70. The van der Waals surface area contributed by atoms with E-state index in [9.17, 15) is 8.42 Å². The predicted molar refractivity (Wildman–Crippen MR) is 100 cm³/mol. The Balaban J connectivity index is 1.89. The smallest absolute Gasteiger partial charge is 0.175 e. The second-order valence-electron chi connectivity index (χ2n) is 6.75. The molecule has 3 aliphatic rings. The van der Waals surface area contributed by atoms with Gasteiger partial charge in [0.2, 0.25) is 0 Å². The predicted octanol–water partition coefficient (Wildman–Crippen LogP) is 4.40. The van der Waals surface area contributed by atoms with Crippen LogP contribution in [0.3, 0.4) is 0 Å². The van der Waals surface area contributed by atoms with Crippen LogP contribution in [-0.2, 0) is 9.84 Å². The van der Waals surface area contributed by atoms with Gasteiger partial charge in [-0.15, -0.1) is 11.8 Å². The summed E-state index contributed by atoms with van der Waals surface area (Å²) < 4.78 is 24.3. The SMILES string of the molecule is Cc1ccc(C2C3=CCCCC3=NC3=C2SCC3)cc1S(C)(=O)=O. The van der Waals surface area contributed by atoms with Crippen LogP contribution in [0.15, 0.2) is 50.3 Å². The van der Waals surface area contributed by atoms with Crippen molar-refractivity contribution in [3.8, 4) is 0 Å². The molecular formula is C19H21NO2S2. The maximum atomic E-state index is 12.1. The molecule has 0 spiro atoms. The highest BCUT2D eigenvalue weighted by Crippen LogP contribution is 2.50. The summed E-state index contributed by atoms with van der Waals surface area (Å²) in [6.07, 6.45) is 7.92. The quantitative estimate of drug-likeness (QED) is 0.786. The lowest BCUT2D eigenvalue weighted by Gasteiger charge is -2.30. The van der Waals surface area contributed by atoms with Crippen LogP contribution in [0, 0.1) is 6.92 Å². The molecule has 24 heavy (non-hydrogen) atoms. The molecule has 0 saturated heterocycles. The zero-order valence-electron chi connectivity index (χ0n) is 14.0. The lowest BCUT2D eigenvalue weighted by Crippen LogP contribution is -2.20. The van der Waals surface area contributed by atoms with Gasteiger partial charge in [-0.3, -0.25) is 4.99 Å². The highest BCUT2D eigenvalue weighted by molar-refractivity contribution is 8.03. The Morgan fingerprint density at radius 2 is 2.08 bits per heavy atom. The van der Waals surface area contributed by atoms with Crippen molar-refractivity contribution in [3.05, 3.63) is 51.6 Å². The van der Waals surface area contributed by atoms with Crippen LogP contribution >= 0.6 is 11.8 Å². The van der Waals surface area contributed by atoms with Gasteiger partial charge in [-0.05, 0) is 55.4 Å². The third-order valence-corrected chi connectivity index (χ3v) is 7.41. The molecule has 0 radical (unpaired) electrons. The van der Waals surface area contributed by atoms with Crippen LogP contribution in [0.25, 0.3) is 0 Å². The van der Waals surface area contributed by atoms with Crippen molar-refractivity contribution in [2.24, 2.45) is 4.99 Å². The molecule has 0 saturated carbocycles. The highest BCUT2D eigenvalue weighted by atomic mass is 32.2. The van der Waals surface area contributed by atoms with Crippen LogP contribution in [0.2, 0.25) is 0 Å². The Hall–Kier alpha value is -1.33. The lowest BCUT2D eigenvalue weighted by molar-refractivity contribution is 0.601. The molecule has 1 aromatic rings. The largest absolute Gasteiger partial charge is 0.257 e. The Kier molecular flexibility index (Phi) is 3.96. The van der Waals surface area contributed by atoms with E-state index in [1.165, 1.54) is 28.1 Å². The number of aryl methyl sites for hydroxylation is 1. The fourth-order valence-corrected chi connectivity index (χ4v) is 6.11. The van der Waals surface area contributed by atoms with Crippen molar-refractivity contribution in [2.45, 2.75) is 43.4 Å². The molecule has 5 heteroatoms. The Bertz CT molecular complexity index is 907. The van der Waals surface area contributed by atoms with Gasteiger partial charge in [-0.1, -0.05) is 18.2 Å². The number of sulfone groups is 1. The molecule has 1 aliphatic carbocycles. The summed E-state index contributed by atoms with van der Waals surface area (Å²) >= 11 is 1.88. The molecule has 1 aromatic carbocycles. The number of hydrogen-bond donors (Lipinski definition) is 0. The molecule has 4 rings (SSSR count). The van der Waals surface area contributed by atoms with Gasteiger partial charge in [-0.25, -0.2) is 8.42 Å². The topological polar surface area (TPSA) is 46.5 Å². The van der Waals surface area contributed by atoms with Crippen molar-refractivity contribution in [3.63, 3.8) is 0 Å². The van der Waals surface area contributed by atoms with E-state index in [0.717, 1.165) is 42.6 Å². The number of allylic oxidation sites excluding steroid dienone is 4. The van der Waals surface area contributed by atoms with Crippen molar-refractivity contribution >= 4 is 27.3 Å². The van der Waals surface area contributed by atoms with Gasteiger partial charge >= 0.3 is 0 Å². The number of rotatable bonds is 2. The molecule has 3 nitrogen and oxygen atoms in total. The average molecular weight is 360 g/mol. The van der Waals surface area contributed by atoms with Gasteiger partial charge < -0.3 is 0 Å². The highest BCUT2D eigenvalue weighted by Gasteiger charge is 2.35. The Labute approximate surface area is 147 Å². The Morgan fingerprint density at radius 3 is 2.88 bits per heavy atom. The minimum Gasteiger partial charge on any atom is -0.257 e. The van der Waals surface area contributed by atoms with Crippen molar-refractivity contribution < 1.29 is 8.42 Å². The molecule has 126 valence electrons. The number of thioether (sulfide) groups is 1. The summed E-state index contributed by atoms with van der Waals surface area (Å²) in [7, 11) is -3.22. The van der Waals surface area contributed by atoms with Crippen LogP contribution in [0.1, 0.15) is 42.7 Å². The lowest BCUT2D eigenvalue weighted by atomic mass is 9.80. The third-order valence-electron chi connectivity index (χ3n) is 4.98. The molecule has 0 amide bonds. The van der Waals surface area contributed by atoms with Crippen LogP contribution in [0.4, 0.5) is 0 Å². The number of hydrogen-bond acceptors (Lipinski definition) is 4. The second kappa shape index (κ2) is 5.88. The van der Waals surface area contributed by atoms with Crippen molar-refractivity contribution in [1.29, 1.82) is 0 Å². The first-order valence-electron chi connectivity index (χ1n) is 8.39. The zero-order chi connectivity index (χ0) is 16.9. The minimum absolute atomic E-state index is 0.168. The van der Waals surface area contributed by atoms with Gasteiger partial charge in [0, 0.05) is 28.5 Å². The maximum Gasteiger partial charge on any atom is 0.175 e. The van der Waals surface area contributed by atoms with Crippen LogP contribution in [0.5, 0.6) is 0 Å². The van der Waals surface area contributed by atoms with E-state index in [4.69, 9.17) is 4.99 Å². The standard InChI is InChI=1S/C19H21NO2S2/c1-12-7-8-13(11-17(12)24(2,21)22)18-14-5-3-4-6-15(14)20-16-9-10-23-19(16)18/h5,7-8,11,18H,3-4,6,9-10H2,1-2H3. The Morgan fingerprint density at radius 1 is 1.25 bits per heavy atom. The summed E-state index contributed by atoms with van der Waals surface area (Å²) in [6.45, 7) is 1.86. The average Bonchev–Trinajstić information content (AvgIpc) is 3.00. The van der Waals surface area contributed by atoms with E-state index in [0.29, 0.717) is 4.90 Å². The van der Waals surface area contributed by atoms with Gasteiger partial charge in [0.05, 0.1) is 10.6 Å². The fourth-order valence-electron chi connectivity index (χ4n) is 3.85. The van der Waals surface area contributed by atoms with E-state index >= 15 is 0 Å². The van der Waals surface area contributed by atoms with Crippen molar-refractivity contribution in [2.75, 3.05) is 12.0 Å². The molecule has 0 bridgehead atoms. The molecule has 0 fully saturated rings. The second-order valence-corrected chi connectivity index (χ2v) is 9.87. The first-order chi connectivity index (χ1) is 11.4. The molecule has 1 atom stereocenters. The normalized spacial score (nSPS) is 23.5. The van der Waals surface area contributed by atoms with Crippen LogP contribution in [-0.4, -0.2) is 26.1 Å². The third kappa shape index (κ3) is 2.68. The first kappa shape index (κ1) is 16.2. The van der Waals surface area contributed by atoms with Crippen molar-refractivity contribution in [1.82, 2.24) is 0 Å². The molecule has 0 aromatic heterocycles. The number of fused-ring (bicyclic) bond motifs is 1. The van der Waals surface area contributed by atoms with E-state index in [-0.39, 0.29) is 5.92 Å². The summed E-state index contributed by atoms with van der Waals surface area (Å²) in [5, 5.41) is 0. The van der Waals surface area contributed by atoms with E-state index in [2.05, 4.69) is 12.1 Å². The summed E-state index contributed by atoms with van der Waals surface area (Å²) in [5.74, 6) is 1.25. The van der Waals surface area contributed by atoms with Crippen LogP contribution < -0.4 is 0 Å². The summed E-state index contributed by atoms with van der Waals surface area (Å²) in [6, 6.07) is 5.92. The summed E-state index contributed by atoms with van der Waals surface area (Å²) in [5.41, 5.74) is 5.65. The molecule has 2 aliphatic heterocycles. The van der Waals surface area contributed by atoms with E-state index < -0.39 is 9.84 Å². The van der Waals surface area contributed by atoms with Gasteiger partial charge in [-0.2, -0.15) is 0 Å². The zero-order valence-corrected chi connectivity index (χ0v) is 15.6. The fraction of sp³-hybridized carbons (Fsp3) is 0.421. The van der Waals surface area contributed by atoms with Gasteiger partial charge in [0.1, 0.15) is 0 Å². The number of nitrogens with zero attached hydrogens (tertiary/aromatic N) is 1. The molecule has 0 N–H and O–H groups in total. The molecule has 1 unspecified atom stereocenters. The monoisotopic (exact) mass is 359 g/mol. The maximum absolute atomic E-state index is 12.1. The minimum atomic E-state index is -3.22. The molecule has 2 heterocycles. The molecular weight excluding hydrogens is 338 g/mol. The van der Waals surface area contributed by atoms with Gasteiger partial charge in [0.15, 0.2) is 9.84 Å².